The summed E-state index contributed by atoms with van der Waals surface area (Å²) < 4.78 is 5.04. The van der Waals surface area contributed by atoms with Gasteiger partial charge in [-0.15, -0.1) is 11.3 Å². The predicted molar refractivity (Wildman–Crippen MR) is 97.1 cm³/mol. The van der Waals surface area contributed by atoms with E-state index in [1.807, 2.05) is 0 Å². The highest BCUT2D eigenvalue weighted by molar-refractivity contribution is 7.18. The Morgan fingerprint density at radius 2 is 1.84 bits per heavy atom. The van der Waals surface area contributed by atoms with E-state index in [-0.39, 0.29) is 29.5 Å². The van der Waals surface area contributed by atoms with Crippen LogP contribution in [-0.4, -0.2) is 48.9 Å². The Bertz CT molecular complexity index is 649. The molecule has 1 aromatic heterocycles. The molecule has 0 aromatic carbocycles. The summed E-state index contributed by atoms with van der Waals surface area (Å²) >= 11 is 1.02. The summed E-state index contributed by atoms with van der Waals surface area (Å²) in [5, 5.41) is 3.09. The van der Waals surface area contributed by atoms with Crippen molar-refractivity contribution in [2.24, 2.45) is 5.73 Å². The first-order valence-electron chi connectivity index (χ1n) is 8.56. The lowest BCUT2D eigenvalue weighted by atomic mass is 10.1. The maximum Gasteiger partial charge on any atom is 0.341 e. The quantitative estimate of drug-likeness (QED) is 0.750. The lowest BCUT2D eigenvalue weighted by molar-refractivity contribution is -0.117. The van der Waals surface area contributed by atoms with Crippen molar-refractivity contribution in [3.8, 4) is 0 Å². The highest BCUT2D eigenvalue weighted by Crippen LogP contribution is 2.33. The normalized spacial score (nSPS) is 15.4. The van der Waals surface area contributed by atoms with Gasteiger partial charge in [-0.1, -0.05) is 12.8 Å². The van der Waals surface area contributed by atoms with Crippen LogP contribution in [-0.2, 0) is 9.53 Å². The number of ether oxygens (including phenoxy) is 1. The molecule has 25 heavy (non-hydrogen) atoms. The Kier molecular flexibility index (Phi) is 6.95. The molecule has 138 valence electrons. The van der Waals surface area contributed by atoms with Crippen molar-refractivity contribution in [3.05, 3.63) is 16.0 Å². The predicted octanol–water partition coefficient (Wildman–Crippen LogP) is 2.15. The molecule has 8 heteroatoms. The minimum Gasteiger partial charge on any atom is -0.462 e. The smallest absolute Gasteiger partial charge is 0.341 e. The first-order chi connectivity index (χ1) is 11.9. The van der Waals surface area contributed by atoms with Gasteiger partial charge in [0.15, 0.2) is 0 Å². The van der Waals surface area contributed by atoms with E-state index in [0.717, 1.165) is 37.3 Å². The first-order valence-corrected chi connectivity index (χ1v) is 9.38. The van der Waals surface area contributed by atoms with Gasteiger partial charge < -0.3 is 15.8 Å². The van der Waals surface area contributed by atoms with Crippen LogP contribution >= 0.6 is 11.3 Å². The van der Waals surface area contributed by atoms with E-state index in [1.165, 1.54) is 12.8 Å². The molecule has 1 fully saturated rings. The van der Waals surface area contributed by atoms with Crippen molar-refractivity contribution < 1.29 is 19.1 Å². The summed E-state index contributed by atoms with van der Waals surface area (Å²) in [7, 11) is 0. The molecule has 0 bridgehead atoms. The molecule has 1 saturated heterocycles. The Balaban J connectivity index is 2.16. The van der Waals surface area contributed by atoms with Crippen LogP contribution in [0.15, 0.2) is 0 Å². The lowest BCUT2D eigenvalue weighted by Crippen LogP contribution is -2.34. The molecule has 2 heterocycles. The number of carbonyl (C=O) groups is 3. The average molecular weight is 367 g/mol. The van der Waals surface area contributed by atoms with Gasteiger partial charge >= 0.3 is 5.97 Å². The van der Waals surface area contributed by atoms with E-state index < -0.39 is 11.9 Å². The van der Waals surface area contributed by atoms with Gasteiger partial charge in [-0.2, -0.15) is 0 Å². The number of thiophene rings is 1. The van der Waals surface area contributed by atoms with E-state index in [0.29, 0.717) is 10.6 Å². The van der Waals surface area contributed by atoms with Crippen molar-refractivity contribution >= 4 is 34.1 Å². The Labute approximate surface area is 151 Å². The second-order valence-corrected chi connectivity index (χ2v) is 7.10. The summed E-state index contributed by atoms with van der Waals surface area (Å²) in [5.74, 6) is -1.39. The molecule has 2 amide bonds. The van der Waals surface area contributed by atoms with Crippen LogP contribution in [0.4, 0.5) is 5.00 Å². The van der Waals surface area contributed by atoms with Gasteiger partial charge in [-0.25, -0.2) is 4.79 Å². The van der Waals surface area contributed by atoms with Crippen LogP contribution in [0.1, 0.15) is 58.2 Å². The van der Waals surface area contributed by atoms with Crippen LogP contribution in [0.2, 0.25) is 0 Å². The van der Waals surface area contributed by atoms with Gasteiger partial charge in [0.05, 0.1) is 23.6 Å². The highest BCUT2D eigenvalue weighted by atomic mass is 32.1. The van der Waals surface area contributed by atoms with Gasteiger partial charge in [-0.3, -0.25) is 14.5 Å². The molecular formula is C17H25N3O4S. The van der Waals surface area contributed by atoms with Crippen molar-refractivity contribution in [3.63, 3.8) is 0 Å². The number of nitrogens with two attached hydrogens (primary N) is 1. The maximum absolute atomic E-state index is 12.4. The van der Waals surface area contributed by atoms with E-state index in [4.69, 9.17) is 10.5 Å². The zero-order chi connectivity index (χ0) is 18.4. The van der Waals surface area contributed by atoms with E-state index in [2.05, 4.69) is 10.2 Å². The van der Waals surface area contributed by atoms with Gasteiger partial charge in [0.1, 0.15) is 5.00 Å². The van der Waals surface area contributed by atoms with Crippen molar-refractivity contribution in [2.45, 2.75) is 39.5 Å². The van der Waals surface area contributed by atoms with Crippen LogP contribution in [0, 0.1) is 6.92 Å². The van der Waals surface area contributed by atoms with Crippen LogP contribution in [0.25, 0.3) is 0 Å². The van der Waals surface area contributed by atoms with Gasteiger partial charge in [0.25, 0.3) is 5.91 Å². The minimum absolute atomic E-state index is 0.204. The Morgan fingerprint density at radius 3 is 2.40 bits per heavy atom. The van der Waals surface area contributed by atoms with Crippen molar-refractivity contribution in [1.82, 2.24) is 4.90 Å². The molecule has 0 saturated carbocycles. The molecule has 1 aliphatic rings. The summed E-state index contributed by atoms with van der Waals surface area (Å²) in [6.45, 7) is 5.61. The molecule has 1 aromatic rings. The first kappa shape index (κ1) is 19.4. The third-order valence-electron chi connectivity index (χ3n) is 4.17. The molecule has 7 nitrogen and oxygen atoms in total. The zero-order valence-electron chi connectivity index (χ0n) is 14.7. The largest absolute Gasteiger partial charge is 0.462 e. The fourth-order valence-corrected chi connectivity index (χ4v) is 4.01. The monoisotopic (exact) mass is 367 g/mol. The fraction of sp³-hybridized carbons (Fsp3) is 0.588. The zero-order valence-corrected chi connectivity index (χ0v) is 15.5. The number of nitrogens with one attached hydrogen (secondary N) is 1. The number of carbonyl (C=O) groups excluding carboxylic acids is 3. The Hall–Kier alpha value is -1.93. The van der Waals surface area contributed by atoms with Crippen molar-refractivity contribution in [2.75, 3.05) is 31.6 Å². The topological polar surface area (TPSA) is 102 Å². The number of esters is 1. The number of primary amides is 1. The highest BCUT2D eigenvalue weighted by Gasteiger charge is 2.26. The SMILES string of the molecule is CCOC(=O)c1c(NC(=O)CN2CCCCCC2)sc(C(N)=O)c1C. The third kappa shape index (κ3) is 5.02. The van der Waals surface area contributed by atoms with E-state index in [1.54, 1.807) is 13.8 Å². The second kappa shape index (κ2) is 8.96. The van der Waals surface area contributed by atoms with Crippen molar-refractivity contribution in [1.29, 1.82) is 0 Å². The number of anilines is 1. The average Bonchev–Trinajstić information content (AvgIpc) is 2.71. The Morgan fingerprint density at radius 1 is 1.20 bits per heavy atom. The number of rotatable bonds is 6. The summed E-state index contributed by atoms with van der Waals surface area (Å²) in [6.07, 6.45) is 4.56. The second-order valence-electron chi connectivity index (χ2n) is 6.08. The molecule has 0 radical (unpaired) electrons. The number of likely N-dealkylation sites (tertiary alicyclic amines) is 1. The molecule has 0 atom stereocenters. The number of amides is 2. The van der Waals surface area contributed by atoms with Gasteiger partial charge in [0.2, 0.25) is 5.91 Å². The lowest BCUT2D eigenvalue weighted by Gasteiger charge is -2.18. The van der Waals surface area contributed by atoms with Crippen LogP contribution < -0.4 is 11.1 Å². The molecular weight excluding hydrogens is 342 g/mol. The standard InChI is InChI=1S/C17H25N3O4S/c1-3-24-17(23)13-11(2)14(15(18)22)25-16(13)19-12(21)10-20-8-6-4-5-7-9-20/h3-10H2,1-2H3,(H2,18,22)(H,19,21). The maximum atomic E-state index is 12.4. The fourth-order valence-electron chi connectivity index (χ4n) is 2.95. The van der Waals surface area contributed by atoms with Gasteiger partial charge in [0, 0.05) is 0 Å². The van der Waals surface area contributed by atoms with E-state index in [9.17, 15) is 14.4 Å². The molecule has 0 spiro atoms. The summed E-state index contributed by atoms with van der Waals surface area (Å²) in [4.78, 5) is 38.6. The number of hydrogen-bond acceptors (Lipinski definition) is 6. The summed E-state index contributed by atoms with van der Waals surface area (Å²) in [6, 6.07) is 0. The van der Waals surface area contributed by atoms with Crippen LogP contribution in [0.5, 0.6) is 0 Å². The third-order valence-corrected chi connectivity index (χ3v) is 5.39. The molecule has 0 aliphatic carbocycles. The minimum atomic E-state index is -0.624. The molecule has 1 aliphatic heterocycles. The van der Waals surface area contributed by atoms with Crippen LogP contribution in [0.3, 0.4) is 0 Å². The summed E-state index contributed by atoms with van der Waals surface area (Å²) in [5.41, 5.74) is 6.03. The molecule has 2 rings (SSSR count). The molecule has 0 unspecified atom stereocenters. The molecule has 3 N–H and O–H groups in total. The number of hydrogen-bond donors (Lipinski definition) is 2. The van der Waals surface area contributed by atoms with E-state index >= 15 is 0 Å². The number of nitrogens with zero attached hydrogens (tertiary/aromatic N) is 1. The van der Waals surface area contributed by atoms with Gasteiger partial charge in [-0.05, 0) is 45.3 Å².